The van der Waals surface area contributed by atoms with Crippen LogP contribution in [0.3, 0.4) is 0 Å². The van der Waals surface area contributed by atoms with Crippen LogP contribution in [0.5, 0.6) is 0 Å². The van der Waals surface area contributed by atoms with E-state index in [1.807, 2.05) is 43.4 Å². The van der Waals surface area contributed by atoms with E-state index in [4.69, 9.17) is 16.6 Å². The number of aryl methyl sites for hydroxylation is 1. The van der Waals surface area contributed by atoms with Crippen molar-refractivity contribution in [2.45, 2.75) is 0 Å². The Morgan fingerprint density at radius 1 is 0.913 bits per heavy atom. The average molecular weight is 387 g/mol. The van der Waals surface area contributed by atoms with Crippen LogP contribution in [0, 0.1) is 0 Å². The molecule has 0 aliphatic heterocycles. The molecule has 3 nitrogen and oxygen atoms in total. The van der Waals surface area contributed by atoms with E-state index in [0.717, 1.165) is 37.8 Å². The SMILES string of the molecule is Cn1c(-c2ccc(Cl)cc2)cn2cc(-c3ccc(Br)cc3)nc12. The van der Waals surface area contributed by atoms with Crippen molar-refractivity contribution in [3.63, 3.8) is 0 Å². The molecule has 0 spiro atoms. The summed E-state index contributed by atoms with van der Waals surface area (Å²) in [5.74, 6) is 0.910. The monoisotopic (exact) mass is 385 g/mol. The van der Waals surface area contributed by atoms with Gasteiger partial charge < -0.3 is 4.57 Å². The molecule has 2 aromatic heterocycles. The molecule has 0 N–H and O–H groups in total. The minimum absolute atomic E-state index is 0.741. The molecule has 0 bridgehead atoms. The molecule has 4 aromatic rings. The van der Waals surface area contributed by atoms with E-state index in [-0.39, 0.29) is 0 Å². The maximum absolute atomic E-state index is 5.97. The molecule has 0 atom stereocenters. The molecular formula is C18H13BrClN3. The van der Waals surface area contributed by atoms with Gasteiger partial charge in [0.1, 0.15) is 0 Å². The van der Waals surface area contributed by atoms with E-state index >= 15 is 0 Å². The number of aromatic nitrogens is 3. The van der Waals surface area contributed by atoms with E-state index < -0.39 is 0 Å². The minimum atomic E-state index is 0.741. The predicted molar refractivity (Wildman–Crippen MR) is 97.7 cm³/mol. The Hall–Kier alpha value is -2.04. The Morgan fingerprint density at radius 3 is 2.22 bits per heavy atom. The highest BCUT2D eigenvalue weighted by Crippen LogP contribution is 2.26. The number of halogens is 2. The molecule has 0 unspecified atom stereocenters. The summed E-state index contributed by atoms with van der Waals surface area (Å²) in [6, 6.07) is 16.0. The van der Waals surface area contributed by atoms with Crippen molar-refractivity contribution in [3.8, 4) is 22.5 Å². The fraction of sp³-hybridized carbons (Fsp3) is 0.0556. The molecule has 0 aliphatic rings. The second-order valence-corrected chi connectivity index (χ2v) is 6.77. The Bertz CT molecular complexity index is 982. The Morgan fingerprint density at radius 2 is 1.57 bits per heavy atom. The van der Waals surface area contributed by atoms with Crippen LogP contribution in [0.4, 0.5) is 0 Å². The predicted octanol–water partition coefficient (Wildman–Crippen LogP) is 5.42. The summed E-state index contributed by atoms with van der Waals surface area (Å²) in [6.07, 6.45) is 4.14. The first kappa shape index (κ1) is 14.5. The lowest BCUT2D eigenvalue weighted by Gasteiger charge is -2.03. The van der Waals surface area contributed by atoms with Gasteiger partial charge in [0.15, 0.2) is 0 Å². The summed E-state index contributed by atoms with van der Waals surface area (Å²) in [5.41, 5.74) is 4.29. The largest absolute Gasteiger partial charge is 0.313 e. The van der Waals surface area contributed by atoms with Gasteiger partial charge in [0.2, 0.25) is 5.78 Å². The highest BCUT2D eigenvalue weighted by Gasteiger charge is 2.12. The van der Waals surface area contributed by atoms with Crippen molar-refractivity contribution in [3.05, 3.63) is 70.4 Å². The summed E-state index contributed by atoms with van der Waals surface area (Å²) >= 11 is 9.43. The molecule has 5 heteroatoms. The lowest BCUT2D eigenvalue weighted by Crippen LogP contribution is -1.92. The van der Waals surface area contributed by atoms with Crippen LogP contribution in [0.1, 0.15) is 0 Å². The third-order valence-electron chi connectivity index (χ3n) is 3.92. The topological polar surface area (TPSA) is 22.2 Å². The van der Waals surface area contributed by atoms with Crippen LogP contribution in [0.25, 0.3) is 28.3 Å². The molecule has 114 valence electrons. The van der Waals surface area contributed by atoms with Gasteiger partial charge in [-0.25, -0.2) is 4.98 Å². The highest BCUT2D eigenvalue weighted by molar-refractivity contribution is 9.10. The van der Waals surface area contributed by atoms with Crippen molar-refractivity contribution >= 4 is 33.3 Å². The van der Waals surface area contributed by atoms with Crippen molar-refractivity contribution in [2.75, 3.05) is 0 Å². The van der Waals surface area contributed by atoms with Crippen LogP contribution in [0.15, 0.2) is 65.4 Å². The van der Waals surface area contributed by atoms with E-state index in [2.05, 4.69) is 49.4 Å². The maximum atomic E-state index is 5.97. The fourth-order valence-electron chi connectivity index (χ4n) is 2.70. The van der Waals surface area contributed by atoms with E-state index in [1.54, 1.807) is 0 Å². The van der Waals surface area contributed by atoms with Crippen LogP contribution >= 0.6 is 27.5 Å². The van der Waals surface area contributed by atoms with Gasteiger partial charge in [-0.05, 0) is 29.8 Å². The molecule has 2 heterocycles. The van der Waals surface area contributed by atoms with E-state index in [9.17, 15) is 0 Å². The smallest absolute Gasteiger partial charge is 0.214 e. The summed E-state index contributed by atoms with van der Waals surface area (Å²) < 4.78 is 5.21. The lowest BCUT2D eigenvalue weighted by atomic mass is 10.1. The third-order valence-corrected chi connectivity index (χ3v) is 4.70. The first-order valence-corrected chi connectivity index (χ1v) is 8.35. The second-order valence-electron chi connectivity index (χ2n) is 5.42. The molecule has 2 aromatic carbocycles. The van der Waals surface area contributed by atoms with Crippen molar-refractivity contribution < 1.29 is 0 Å². The highest BCUT2D eigenvalue weighted by atomic mass is 79.9. The first-order chi connectivity index (χ1) is 11.1. The molecule has 23 heavy (non-hydrogen) atoms. The summed E-state index contributed by atoms with van der Waals surface area (Å²) in [7, 11) is 2.03. The number of nitrogens with zero attached hydrogens (tertiary/aromatic N) is 3. The van der Waals surface area contributed by atoms with E-state index in [0.29, 0.717) is 0 Å². The Labute approximate surface area is 147 Å². The first-order valence-electron chi connectivity index (χ1n) is 7.18. The molecule has 0 fully saturated rings. The van der Waals surface area contributed by atoms with Gasteiger partial charge in [-0.15, -0.1) is 0 Å². The maximum Gasteiger partial charge on any atom is 0.214 e. The minimum Gasteiger partial charge on any atom is -0.313 e. The fourth-order valence-corrected chi connectivity index (χ4v) is 3.09. The van der Waals surface area contributed by atoms with Gasteiger partial charge in [0.05, 0.1) is 11.4 Å². The average Bonchev–Trinajstić information content (AvgIpc) is 3.09. The second kappa shape index (κ2) is 5.55. The van der Waals surface area contributed by atoms with Crippen LogP contribution in [-0.2, 0) is 7.05 Å². The van der Waals surface area contributed by atoms with Gasteiger partial charge in [-0.2, -0.15) is 0 Å². The summed E-state index contributed by atoms with van der Waals surface area (Å²) in [6.45, 7) is 0. The number of hydrogen-bond acceptors (Lipinski definition) is 1. The van der Waals surface area contributed by atoms with Gasteiger partial charge >= 0.3 is 0 Å². The zero-order chi connectivity index (χ0) is 16.0. The van der Waals surface area contributed by atoms with Gasteiger partial charge in [-0.1, -0.05) is 51.8 Å². The Balaban J connectivity index is 1.80. The third kappa shape index (κ3) is 2.58. The lowest BCUT2D eigenvalue weighted by molar-refractivity contribution is 0.945. The molecule has 0 amide bonds. The molecule has 0 radical (unpaired) electrons. The number of hydrogen-bond donors (Lipinski definition) is 0. The van der Waals surface area contributed by atoms with Gasteiger partial charge in [-0.3, -0.25) is 4.40 Å². The van der Waals surface area contributed by atoms with Crippen LogP contribution < -0.4 is 0 Å². The molecule has 0 saturated heterocycles. The number of fused-ring (bicyclic) bond motifs is 1. The summed E-state index contributed by atoms with van der Waals surface area (Å²) in [4.78, 5) is 4.76. The number of imidazole rings is 2. The summed E-state index contributed by atoms with van der Waals surface area (Å²) in [5, 5.41) is 0.741. The zero-order valence-electron chi connectivity index (χ0n) is 12.4. The molecular weight excluding hydrogens is 374 g/mol. The Kier molecular flexibility index (Phi) is 3.51. The van der Waals surface area contributed by atoms with Crippen LogP contribution in [0.2, 0.25) is 5.02 Å². The van der Waals surface area contributed by atoms with Crippen LogP contribution in [-0.4, -0.2) is 14.0 Å². The molecule has 0 saturated carbocycles. The van der Waals surface area contributed by atoms with Crippen molar-refractivity contribution in [1.82, 2.24) is 14.0 Å². The molecule has 4 rings (SSSR count). The number of rotatable bonds is 2. The van der Waals surface area contributed by atoms with E-state index in [1.165, 1.54) is 0 Å². The zero-order valence-corrected chi connectivity index (χ0v) is 14.7. The van der Waals surface area contributed by atoms with Gasteiger partial charge in [0, 0.05) is 34.5 Å². The van der Waals surface area contributed by atoms with Gasteiger partial charge in [0.25, 0.3) is 0 Å². The standard InChI is InChI=1S/C18H13BrClN3/c1-22-17(13-4-8-15(20)9-5-13)11-23-10-16(21-18(22)23)12-2-6-14(19)7-3-12/h2-11H,1H3. The normalized spacial score (nSPS) is 11.3. The van der Waals surface area contributed by atoms with Crippen molar-refractivity contribution in [1.29, 1.82) is 0 Å². The molecule has 0 aliphatic carbocycles. The quantitative estimate of drug-likeness (QED) is 0.451. The number of benzene rings is 2. The van der Waals surface area contributed by atoms with Crippen molar-refractivity contribution in [2.24, 2.45) is 7.05 Å².